The molecule has 0 aliphatic rings. The minimum Gasteiger partial charge on any atom is -0.481 e. The molecule has 0 unspecified atom stereocenters. The SMILES string of the molecule is CC(C)C[C@H](NC(=O)[C@@H](N)CCC(=O)O)C(=O)NCCCP(=O)(O)O. The zero-order valence-corrected chi connectivity index (χ0v) is 15.4. The molecule has 0 aromatic carbocycles. The van der Waals surface area contributed by atoms with Gasteiger partial charge in [0.15, 0.2) is 0 Å². The summed E-state index contributed by atoms with van der Waals surface area (Å²) in [6.07, 6.45) is -0.176. The molecule has 0 rings (SSSR count). The fourth-order valence-electron chi connectivity index (χ4n) is 2.01. The molecular weight excluding hydrogens is 353 g/mol. The largest absolute Gasteiger partial charge is 0.481 e. The monoisotopic (exact) mass is 381 g/mol. The van der Waals surface area contributed by atoms with Gasteiger partial charge >= 0.3 is 13.6 Å². The van der Waals surface area contributed by atoms with Gasteiger partial charge in [-0.1, -0.05) is 13.8 Å². The third kappa shape index (κ3) is 12.5. The molecule has 2 atom stereocenters. The van der Waals surface area contributed by atoms with Gasteiger partial charge in [-0.25, -0.2) is 0 Å². The van der Waals surface area contributed by atoms with Crippen LogP contribution in [-0.2, 0) is 18.9 Å². The molecule has 0 aromatic rings. The van der Waals surface area contributed by atoms with E-state index in [9.17, 15) is 18.9 Å². The highest BCUT2D eigenvalue weighted by atomic mass is 31.2. The van der Waals surface area contributed by atoms with E-state index < -0.39 is 37.5 Å². The first-order chi connectivity index (χ1) is 11.4. The Morgan fingerprint density at radius 3 is 2.24 bits per heavy atom. The highest BCUT2D eigenvalue weighted by molar-refractivity contribution is 7.51. The average molecular weight is 381 g/mol. The molecule has 0 spiro atoms. The fraction of sp³-hybridized carbons (Fsp3) is 0.786. The van der Waals surface area contributed by atoms with Crippen molar-refractivity contribution in [2.75, 3.05) is 12.7 Å². The summed E-state index contributed by atoms with van der Waals surface area (Å²) in [4.78, 5) is 52.2. The summed E-state index contributed by atoms with van der Waals surface area (Å²) in [5.74, 6) is -2.05. The third-order valence-corrected chi connectivity index (χ3v) is 4.17. The van der Waals surface area contributed by atoms with Crippen LogP contribution in [0.2, 0.25) is 0 Å². The smallest absolute Gasteiger partial charge is 0.325 e. The number of carboxylic acid groups (broad SMARTS) is 1. The van der Waals surface area contributed by atoms with Crippen LogP contribution in [-0.4, -0.2) is 57.5 Å². The van der Waals surface area contributed by atoms with E-state index in [1.807, 2.05) is 13.8 Å². The van der Waals surface area contributed by atoms with Crippen molar-refractivity contribution in [3.63, 3.8) is 0 Å². The Labute approximate surface area is 146 Å². The summed E-state index contributed by atoms with van der Waals surface area (Å²) >= 11 is 0. The topological polar surface area (TPSA) is 179 Å². The van der Waals surface area contributed by atoms with Crippen LogP contribution in [0.3, 0.4) is 0 Å². The van der Waals surface area contributed by atoms with Crippen molar-refractivity contribution >= 4 is 25.4 Å². The van der Waals surface area contributed by atoms with E-state index in [0.29, 0.717) is 6.42 Å². The van der Waals surface area contributed by atoms with Crippen LogP contribution in [0.15, 0.2) is 0 Å². The van der Waals surface area contributed by atoms with Crippen LogP contribution in [0.1, 0.15) is 39.5 Å². The Morgan fingerprint density at radius 1 is 1.16 bits per heavy atom. The summed E-state index contributed by atoms with van der Waals surface area (Å²) in [6, 6.07) is -1.88. The van der Waals surface area contributed by atoms with Crippen molar-refractivity contribution in [2.45, 2.75) is 51.6 Å². The lowest BCUT2D eigenvalue weighted by molar-refractivity contribution is -0.137. The van der Waals surface area contributed by atoms with Gasteiger partial charge in [0.1, 0.15) is 6.04 Å². The zero-order valence-electron chi connectivity index (χ0n) is 14.5. The molecule has 0 saturated carbocycles. The molecule has 0 saturated heterocycles. The molecule has 7 N–H and O–H groups in total. The second-order valence-corrected chi connectivity index (χ2v) is 8.04. The van der Waals surface area contributed by atoms with E-state index in [0.717, 1.165) is 0 Å². The Balaban J connectivity index is 4.56. The van der Waals surface area contributed by atoms with Gasteiger partial charge in [0.25, 0.3) is 0 Å². The number of carboxylic acids is 1. The molecule has 2 amide bonds. The van der Waals surface area contributed by atoms with E-state index in [-0.39, 0.29) is 37.9 Å². The molecule has 0 heterocycles. The fourth-order valence-corrected chi connectivity index (χ4v) is 2.58. The van der Waals surface area contributed by atoms with Crippen LogP contribution >= 0.6 is 7.60 Å². The van der Waals surface area contributed by atoms with Crippen molar-refractivity contribution < 1.29 is 33.8 Å². The van der Waals surface area contributed by atoms with Crippen LogP contribution in [0.4, 0.5) is 0 Å². The molecule has 0 aromatic heterocycles. The van der Waals surface area contributed by atoms with Gasteiger partial charge in [-0.3, -0.25) is 18.9 Å². The maximum atomic E-state index is 12.2. The van der Waals surface area contributed by atoms with Gasteiger partial charge in [0, 0.05) is 13.0 Å². The number of amides is 2. The van der Waals surface area contributed by atoms with Crippen molar-refractivity contribution in [1.82, 2.24) is 10.6 Å². The minimum absolute atomic E-state index is 0.0422. The highest BCUT2D eigenvalue weighted by Crippen LogP contribution is 2.34. The molecule has 10 nitrogen and oxygen atoms in total. The zero-order chi connectivity index (χ0) is 19.6. The molecular formula is C14H28N3O7P. The lowest BCUT2D eigenvalue weighted by Crippen LogP contribution is -2.52. The predicted octanol–water partition coefficient (Wildman–Crippen LogP) is -0.607. The maximum absolute atomic E-state index is 12.2. The Kier molecular flexibility index (Phi) is 10.5. The maximum Gasteiger partial charge on any atom is 0.325 e. The summed E-state index contributed by atoms with van der Waals surface area (Å²) in [6.45, 7) is 3.80. The number of hydrogen-bond donors (Lipinski definition) is 6. The lowest BCUT2D eigenvalue weighted by atomic mass is 10.0. The summed E-state index contributed by atoms with van der Waals surface area (Å²) in [5, 5.41) is 13.6. The summed E-state index contributed by atoms with van der Waals surface area (Å²) in [7, 11) is -4.11. The number of nitrogens with two attached hydrogens (primary N) is 1. The summed E-state index contributed by atoms with van der Waals surface area (Å²) < 4.78 is 10.8. The van der Waals surface area contributed by atoms with Crippen LogP contribution in [0, 0.1) is 5.92 Å². The first-order valence-corrected chi connectivity index (χ1v) is 9.82. The third-order valence-electron chi connectivity index (χ3n) is 3.27. The quantitative estimate of drug-likeness (QED) is 0.191. The molecule has 0 aliphatic carbocycles. The minimum atomic E-state index is -4.11. The molecule has 146 valence electrons. The number of carbonyl (C=O) groups excluding carboxylic acids is 2. The molecule has 0 fully saturated rings. The van der Waals surface area contributed by atoms with Crippen molar-refractivity contribution in [2.24, 2.45) is 11.7 Å². The normalized spacial score (nSPS) is 14.0. The highest BCUT2D eigenvalue weighted by Gasteiger charge is 2.25. The number of nitrogens with one attached hydrogen (secondary N) is 2. The van der Waals surface area contributed by atoms with Crippen molar-refractivity contribution in [3.8, 4) is 0 Å². The molecule has 0 aliphatic heterocycles. The van der Waals surface area contributed by atoms with Gasteiger partial charge in [0.2, 0.25) is 11.8 Å². The van der Waals surface area contributed by atoms with Gasteiger partial charge in [-0.2, -0.15) is 0 Å². The molecule has 0 bridgehead atoms. The summed E-state index contributed by atoms with van der Waals surface area (Å²) in [5.41, 5.74) is 5.62. The Morgan fingerprint density at radius 2 is 1.76 bits per heavy atom. The van der Waals surface area contributed by atoms with Crippen LogP contribution in [0.25, 0.3) is 0 Å². The van der Waals surface area contributed by atoms with Gasteiger partial charge in [-0.15, -0.1) is 0 Å². The number of rotatable bonds is 12. The standard InChI is InChI=1S/C14H28N3O7P/c1-9(2)8-11(14(21)16-6-3-7-25(22,23)24)17-13(20)10(15)4-5-12(18)19/h9-11H,3-8,15H2,1-2H3,(H,16,21)(H,17,20)(H,18,19)(H2,22,23,24)/t10-,11-/m0/s1. The van der Waals surface area contributed by atoms with Crippen molar-refractivity contribution in [3.05, 3.63) is 0 Å². The van der Waals surface area contributed by atoms with Crippen molar-refractivity contribution in [1.29, 1.82) is 0 Å². The van der Waals surface area contributed by atoms with E-state index in [1.54, 1.807) is 0 Å². The Hall–Kier alpha value is -1.48. The van der Waals surface area contributed by atoms with Gasteiger partial charge in [-0.05, 0) is 25.2 Å². The van der Waals surface area contributed by atoms with E-state index >= 15 is 0 Å². The van der Waals surface area contributed by atoms with Crippen LogP contribution in [0.5, 0.6) is 0 Å². The molecule has 11 heteroatoms. The van der Waals surface area contributed by atoms with E-state index in [1.165, 1.54) is 0 Å². The number of carbonyl (C=O) groups is 3. The van der Waals surface area contributed by atoms with Gasteiger partial charge in [0.05, 0.1) is 12.2 Å². The number of hydrogen-bond acceptors (Lipinski definition) is 5. The molecule has 25 heavy (non-hydrogen) atoms. The van der Waals surface area contributed by atoms with Gasteiger partial charge < -0.3 is 31.3 Å². The predicted molar refractivity (Wildman–Crippen MR) is 90.8 cm³/mol. The average Bonchev–Trinajstić information content (AvgIpc) is 2.46. The second kappa shape index (κ2) is 11.2. The molecule has 0 radical (unpaired) electrons. The first-order valence-electron chi connectivity index (χ1n) is 8.02. The van der Waals surface area contributed by atoms with E-state index in [4.69, 9.17) is 20.6 Å². The Bertz CT molecular complexity index is 507. The van der Waals surface area contributed by atoms with E-state index in [2.05, 4.69) is 10.6 Å². The van der Waals surface area contributed by atoms with Crippen LogP contribution < -0.4 is 16.4 Å². The lowest BCUT2D eigenvalue weighted by Gasteiger charge is -2.22. The second-order valence-electron chi connectivity index (χ2n) is 6.26. The first kappa shape index (κ1) is 23.5. The number of aliphatic carboxylic acids is 1.